The lowest BCUT2D eigenvalue weighted by atomic mass is 10.0. The van der Waals surface area contributed by atoms with Gasteiger partial charge >= 0.3 is 0 Å². The predicted octanol–water partition coefficient (Wildman–Crippen LogP) is 2.07. The quantitative estimate of drug-likeness (QED) is 0.696. The van der Waals surface area contributed by atoms with Gasteiger partial charge in [0.05, 0.1) is 11.4 Å². The van der Waals surface area contributed by atoms with Crippen LogP contribution in [0.3, 0.4) is 0 Å². The summed E-state index contributed by atoms with van der Waals surface area (Å²) in [6.07, 6.45) is 0. The first kappa shape index (κ1) is 19.2. The molecule has 3 aromatic rings. The van der Waals surface area contributed by atoms with Crippen LogP contribution >= 0.6 is 34.8 Å². The van der Waals surface area contributed by atoms with Crippen LogP contribution in [0.2, 0.25) is 15.1 Å². The van der Waals surface area contributed by atoms with Crippen molar-refractivity contribution in [3.05, 3.63) is 69.3 Å². The first-order chi connectivity index (χ1) is 11.0. The Labute approximate surface area is 162 Å². The third-order valence-corrected chi connectivity index (χ3v) is 4.73. The molecule has 0 saturated carbocycles. The van der Waals surface area contributed by atoms with Gasteiger partial charge in [0.25, 0.3) is 0 Å². The zero-order valence-corrected chi connectivity index (χ0v) is 16.0. The van der Waals surface area contributed by atoms with Crippen molar-refractivity contribution in [2.75, 3.05) is 0 Å². The van der Waals surface area contributed by atoms with Gasteiger partial charge in [0.1, 0.15) is 6.54 Å². The van der Waals surface area contributed by atoms with E-state index in [4.69, 9.17) is 34.8 Å². The second kappa shape index (κ2) is 7.81. The van der Waals surface area contributed by atoms with Crippen molar-refractivity contribution in [1.82, 2.24) is 4.57 Å². The molecule has 126 valence electrons. The van der Waals surface area contributed by atoms with Crippen molar-refractivity contribution in [3.63, 3.8) is 0 Å². The molecular formula is C18H16Cl4N2. The van der Waals surface area contributed by atoms with E-state index in [9.17, 15) is 0 Å². The number of hydrogen-bond donors (Lipinski definition) is 1. The van der Waals surface area contributed by atoms with Gasteiger partial charge in [-0.3, -0.25) is 0 Å². The lowest BCUT2D eigenvalue weighted by Gasteiger charge is -2.11. The molecule has 0 aliphatic rings. The predicted molar refractivity (Wildman–Crippen MR) is 97.9 cm³/mol. The Morgan fingerprint density at radius 2 is 1.50 bits per heavy atom. The molecule has 6 heteroatoms. The fraction of sp³-hybridized carbons (Fsp3) is 0.111. The molecule has 3 rings (SSSR count). The summed E-state index contributed by atoms with van der Waals surface area (Å²) in [5, 5.41) is 1.97. The van der Waals surface area contributed by atoms with Crippen molar-refractivity contribution < 1.29 is 18.1 Å². The fourth-order valence-corrected chi connectivity index (χ4v) is 3.40. The van der Waals surface area contributed by atoms with Crippen LogP contribution in [0.15, 0.2) is 48.5 Å². The summed E-state index contributed by atoms with van der Waals surface area (Å²) in [7, 11) is 2.04. The Hall–Kier alpha value is -1.16. The second-order valence-electron chi connectivity index (χ2n) is 5.34. The van der Waals surface area contributed by atoms with Gasteiger partial charge in [0, 0.05) is 33.2 Å². The first-order valence-electron chi connectivity index (χ1n) is 7.20. The van der Waals surface area contributed by atoms with Crippen LogP contribution in [0.5, 0.6) is 0 Å². The van der Waals surface area contributed by atoms with Gasteiger partial charge < -0.3 is 22.7 Å². The normalized spacial score (nSPS) is 10.5. The zero-order chi connectivity index (χ0) is 16.6. The number of hydrogen-bond acceptors (Lipinski definition) is 0. The number of halogens is 4. The summed E-state index contributed by atoms with van der Waals surface area (Å²) in [6.45, 7) is 0.697. The molecule has 0 aliphatic heterocycles. The van der Waals surface area contributed by atoms with Crippen molar-refractivity contribution in [3.8, 4) is 22.4 Å². The lowest BCUT2D eigenvalue weighted by molar-refractivity contribution is -0.387. The molecule has 0 amide bonds. The minimum absolute atomic E-state index is 0. The van der Waals surface area contributed by atoms with Gasteiger partial charge in [-0.15, -0.1) is 0 Å². The highest BCUT2D eigenvalue weighted by molar-refractivity contribution is 6.36. The van der Waals surface area contributed by atoms with Crippen LogP contribution in [0.25, 0.3) is 22.4 Å². The van der Waals surface area contributed by atoms with E-state index in [1.165, 1.54) is 0 Å². The fourth-order valence-electron chi connectivity index (χ4n) is 2.77. The number of rotatable bonds is 3. The number of aromatic nitrogens is 1. The molecule has 0 bridgehead atoms. The SMILES string of the molecule is Cn1c(C[NH3+])cc(-c2ccc(Cl)cc2Cl)c1-c1ccc(Cl)cc1.[Cl-]. The lowest BCUT2D eigenvalue weighted by Crippen LogP contribution is -3.00. The molecule has 0 atom stereocenters. The van der Waals surface area contributed by atoms with Crippen LogP contribution < -0.4 is 18.1 Å². The van der Waals surface area contributed by atoms with E-state index in [0.717, 1.165) is 28.1 Å². The highest BCUT2D eigenvalue weighted by Crippen LogP contribution is 2.39. The average Bonchev–Trinajstić information content (AvgIpc) is 2.85. The van der Waals surface area contributed by atoms with E-state index >= 15 is 0 Å². The second-order valence-corrected chi connectivity index (χ2v) is 6.62. The van der Waals surface area contributed by atoms with Gasteiger partial charge in [-0.2, -0.15) is 0 Å². The van der Waals surface area contributed by atoms with Gasteiger partial charge in [-0.05, 0) is 35.9 Å². The van der Waals surface area contributed by atoms with Gasteiger partial charge in [0.2, 0.25) is 0 Å². The molecule has 2 aromatic carbocycles. The van der Waals surface area contributed by atoms with Crippen LogP contribution in [0, 0.1) is 0 Å². The highest BCUT2D eigenvalue weighted by atomic mass is 35.5. The summed E-state index contributed by atoms with van der Waals surface area (Å²) in [5.41, 5.74) is 9.34. The molecule has 0 saturated heterocycles. The van der Waals surface area contributed by atoms with Crippen molar-refractivity contribution in [1.29, 1.82) is 0 Å². The maximum absolute atomic E-state index is 6.42. The molecule has 0 aliphatic carbocycles. The topological polar surface area (TPSA) is 32.6 Å². The molecule has 0 unspecified atom stereocenters. The summed E-state index contributed by atoms with van der Waals surface area (Å²) in [4.78, 5) is 0. The monoisotopic (exact) mass is 400 g/mol. The first-order valence-corrected chi connectivity index (χ1v) is 8.34. The molecular weight excluding hydrogens is 386 g/mol. The Balaban J connectivity index is 0.00000208. The molecule has 3 N–H and O–H groups in total. The maximum atomic E-state index is 6.42. The minimum Gasteiger partial charge on any atom is -1.00 e. The summed E-state index contributed by atoms with van der Waals surface area (Å²) in [6, 6.07) is 15.5. The van der Waals surface area contributed by atoms with Crippen LogP contribution in [-0.2, 0) is 13.6 Å². The van der Waals surface area contributed by atoms with Crippen molar-refractivity contribution in [2.45, 2.75) is 6.54 Å². The molecule has 2 nitrogen and oxygen atoms in total. The maximum Gasteiger partial charge on any atom is 0.115 e. The van der Waals surface area contributed by atoms with Gasteiger partial charge in [-0.1, -0.05) is 53.0 Å². The zero-order valence-electron chi connectivity index (χ0n) is 13.0. The Bertz CT molecular complexity index is 854. The molecule has 1 aromatic heterocycles. The summed E-state index contributed by atoms with van der Waals surface area (Å²) < 4.78 is 2.15. The van der Waals surface area contributed by atoms with E-state index in [1.54, 1.807) is 6.07 Å². The van der Waals surface area contributed by atoms with Crippen molar-refractivity contribution in [2.24, 2.45) is 7.05 Å². The Kier molecular flexibility index (Phi) is 6.24. The molecule has 0 fully saturated rings. The summed E-state index contributed by atoms with van der Waals surface area (Å²) >= 11 is 18.5. The van der Waals surface area contributed by atoms with Crippen molar-refractivity contribution >= 4 is 34.8 Å². The number of quaternary nitrogens is 1. The third kappa shape index (κ3) is 3.58. The average molecular weight is 402 g/mol. The van der Waals surface area contributed by atoms with E-state index in [-0.39, 0.29) is 12.4 Å². The minimum atomic E-state index is 0. The van der Waals surface area contributed by atoms with Crippen LogP contribution in [0.1, 0.15) is 5.69 Å². The third-order valence-electron chi connectivity index (χ3n) is 3.93. The largest absolute Gasteiger partial charge is 1.00 e. The molecule has 1 heterocycles. The Morgan fingerprint density at radius 3 is 2.08 bits per heavy atom. The van der Waals surface area contributed by atoms with E-state index in [1.807, 2.05) is 43.4 Å². The standard InChI is InChI=1S/C18H15Cl3N2.ClH/c1-23-14(10-22)9-16(15-7-6-13(20)8-17(15)21)18(23)11-2-4-12(19)5-3-11;/h2-9H,10,22H2,1H3;1H. The molecule has 24 heavy (non-hydrogen) atoms. The smallest absolute Gasteiger partial charge is 0.115 e. The molecule has 0 radical (unpaired) electrons. The number of nitrogens with zero attached hydrogens (tertiary/aromatic N) is 1. The number of benzene rings is 2. The van der Waals surface area contributed by atoms with Gasteiger partial charge in [-0.25, -0.2) is 0 Å². The van der Waals surface area contributed by atoms with E-state index in [0.29, 0.717) is 21.6 Å². The van der Waals surface area contributed by atoms with E-state index < -0.39 is 0 Å². The van der Waals surface area contributed by atoms with Gasteiger partial charge in [0.15, 0.2) is 0 Å². The summed E-state index contributed by atoms with van der Waals surface area (Å²) in [5.74, 6) is 0. The van der Waals surface area contributed by atoms with Crippen LogP contribution in [0.4, 0.5) is 0 Å². The Morgan fingerprint density at radius 1 is 0.875 bits per heavy atom. The van der Waals surface area contributed by atoms with E-state index in [2.05, 4.69) is 16.4 Å². The van der Waals surface area contributed by atoms with Crippen LogP contribution in [-0.4, -0.2) is 4.57 Å². The molecule has 0 spiro atoms. The highest BCUT2D eigenvalue weighted by Gasteiger charge is 2.18.